The summed E-state index contributed by atoms with van der Waals surface area (Å²) in [6, 6.07) is 8.37. The number of hydrogen-bond donors (Lipinski definition) is 1. The zero-order valence-corrected chi connectivity index (χ0v) is 11.8. The Kier molecular flexibility index (Phi) is 5.55. The van der Waals surface area contributed by atoms with Crippen LogP contribution >= 0.6 is 0 Å². The van der Waals surface area contributed by atoms with E-state index in [-0.39, 0.29) is 0 Å². The van der Waals surface area contributed by atoms with Crippen LogP contribution in [0.5, 0.6) is 0 Å². The normalized spacial score (nSPS) is 10.5. The molecule has 1 aromatic carbocycles. The molecule has 0 saturated heterocycles. The molecule has 2 amide bonds. The second-order valence-corrected chi connectivity index (χ2v) is 5.26. The van der Waals surface area contributed by atoms with E-state index in [9.17, 15) is 9.59 Å². The minimum atomic E-state index is -0.908. The van der Waals surface area contributed by atoms with Gasteiger partial charge in [0, 0.05) is 13.6 Å². The predicted octanol–water partition coefficient (Wildman–Crippen LogP) is 1.37. The molecule has 1 rings (SSSR count). The molecule has 0 fully saturated rings. The molecular formula is C15H22N2O2. The van der Waals surface area contributed by atoms with Crippen LogP contribution in [0.3, 0.4) is 0 Å². The van der Waals surface area contributed by atoms with Gasteiger partial charge in [-0.1, -0.05) is 38.1 Å². The summed E-state index contributed by atoms with van der Waals surface area (Å²) in [6.07, 6.45) is 1.79. The number of benzene rings is 1. The molecule has 4 heteroatoms. The van der Waals surface area contributed by atoms with Crippen molar-refractivity contribution in [3.05, 3.63) is 35.4 Å². The van der Waals surface area contributed by atoms with Crippen LogP contribution in [0.15, 0.2) is 24.3 Å². The van der Waals surface area contributed by atoms with Gasteiger partial charge in [0.1, 0.15) is 0 Å². The minimum absolute atomic E-state index is 0.491. The first-order valence-corrected chi connectivity index (χ1v) is 6.53. The van der Waals surface area contributed by atoms with Crippen molar-refractivity contribution in [2.75, 3.05) is 13.6 Å². The molecule has 0 bridgehead atoms. The fourth-order valence-electron chi connectivity index (χ4n) is 1.90. The Bertz CT molecular complexity index is 438. The Labute approximate surface area is 114 Å². The molecule has 0 aliphatic rings. The number of nitrogens with two attached hydrogens (primary N) is 1. The number of primary amides is 1. The number of nitrogens with zero attached hydrogens (tertiary/aromatic N) is 1. The van der Waals surface area contributed by atoms with Gasteiger partial charge in [0.25, 0.3) is 0 Å². The van der Waals surface area contributed by atoms with Gasteiger partial charge in [-0.15, -0.1) is 0 Å². The first-order valence-electron chi connectivity index (χ1n) is 6.53. The molecule has 0 aromatic heterocycles. The summed E-state index contributed by atoms with van der Waals surface area (Å²) in [5, 5.41) is 0. The second-order valence-electron chi connectivity index (χ2n) is 5.26. The van der Waals surface area contributed by atoms with Crippen molar-refractivity contribution in [3.8, 4) is 0 Å². The third-order valence-electron chi connectivity index (χ3n) is 2.96. The summed E-state index contributed by atoms with van der Waals surface area (Å²) >= 11 is 0. The number of carbonyl (C=O) groups excluding carboxylic acids is 2. The van der Waals surface area contributed by atoms with E-state index in [1.54, 1.807) is 7.05 Å². The van der Waals surface area contributed by atoms with Crippen LogP contribution in [0.4, 0.5) is 0 Å². The molecular weight excluding hydrogens is 240 g/mol. The quantitative estimate of drug-likeness (QED) is 0.815. The minimum Gasteiger partial charge on any atom is -0.361 e. The number of carbonyl (C=O) groups is 2. The van der Waals surface area contributed by atoms with Crippen molar-refractivity contribution in [1.29, 1.82) is 0 Å². The first kappa shape index (κ1) is 15.2. The summed E-state index contributed by atoms with van der Waals surface area (Å²) in [4.78, 5) is 23.4. The molecule has 19 heavy (non-hydrogen) atoms. The van der Waals surface area contributed by atoms with E-state index in [1.165, 1.54) is 10.5 Å². The van der Waals surface area contributed by atoms with Crippen LogP contribution in [0, 0.1) is 5.92 Å². The summed E-state index contributed by atoms with van der Waals surface area (Å²) in [5.41, 5.74) is 7.41. The Morgan fingerprint density at radius 3 is 2.16 bits per heavy atom. The van der Waals surface area contributed by atoms with Crippen LogP contribution in [0.2, 0.25) is 0 Å². The molecule has 0 aliphatic carbocycles. The van der Waals surface area contributed by atoms with Crippen molar-refractivity contribution >= 4 is 11.8 Å². The molecule has 0 aliphatic heterocycles. The molecule has 4 nitrogen and oxygen atoms in total. The standard InChI is InChI=1S/C15H22N2O2/c1-11(2)10-13-6-4-12(5-7-13)8-9-17(3)15(19)14(16)18/h4-7,11H,8-10H2,1-3H3,(H2,16,18). The zero-order chi connectivity index (χ0) is 14.4. The van der Waals surface area contributed by atoms with E-state index in [2.05, 4.69) is 38.1 Å². The fraction of sp³-hybridized carbons (Fsp3) is 0.467. The van der Waals surface area contributed by atoms with E-state index in [4.69, 9.17) is 5.73 Å². The lowest BCUT2D eigenvalue weighted by Gasteiger charge is -2.15. The van der Waals surface area contributed by atoms with Crippen molar-refractivity contribution in [3.63, 3.8) is 0 Å². The monoisotopic (exact) mass is 262 g/mol. The highest BCUT2D eigenvalue weighted by molar-refractivity contribution is 6.34. The van der Waals surface area contributed by atoms with E-state index < -0.39 is 11.8 Å². The van der Waals surface area contributed by atoms with Gasteiger partial charge in [-0.05, 0) is 29.9 Å². The highest BCUT2D eigenvalue weighted by Gasteiger charge is 2.14. The molecule has 0 spiro atoms. The molecule has 1 aromatic rings. The van der Waals surface area contributed by atoms with Crippen molar-refractivity contribution in [1.82, 2.24) is 4.90 Å². The van der Waals surface area contributed by atoms with Gasteiger partial charge in [0.05, 0.1) is 0 Å². The highest BCUT2D eigenvalue weighted by Crippen LogP contribution is 2.10. The number of amides is 2. The maximum Gasteiger partial charge on any atom is 0.311 e. The van der Waals surface area contributed by atoms with Gasteiger partial charge in [0.2, 0.25) is 0 Å². The van der Waals surface area contributed by atoms with E-state index in [0.717, 1.165) is 18.4 Å². The first-order chi connectivity index (χ1) is 8.90. The Morgan fingerprint density at radius 2 is 1.68 bits per heavy atom. The molecule has 0 saturated carbocycles. The largest absolute Gasteiger partial charge is 0.361 e. The van der Waals surface area contributed by atoms with Crippen molar-refractivity contribution < 1.29 is 9.59 Å². The number of likely N-dealkylation sites (N-methyl/N-ethyl adjacent to an activating group) is 1. The third-order valence-corrected chi connectivity index (χ3v) is 2.96. The second kappa shape index (κ2) is 6.92. The van der Waals surface area contributed by atoms with Gasteiger partial charge in [0.15, 0.2) is 0 Å². The number of rotatable bonds is 5. The molecule has 104 valence electrons. The third kappa shape index (κ3) is 5.12. The fourth-order valence-corrected chi connectivity index (χ4v) is 1.90. The molecule has 0 unspecified atom stereocenters. The van der Waals surface area contributed by atoms with E-state index in [0.29, 0.717) is 12.5 Å². The van der Waals surface area contributed by atoms with Crippen LogP contribution in [-0.4, -0.2) is 30.3 Å². The van der Waals surface area contributed by atoms with Crippen LogP contribution < -0.4 is 5.73 Å². The summed E-state index contributed by atoms with van der Waals surface area (Å²) in [6.45, 7) is 4.88. The van der Waals surface area contributed by atoms with Gasteiger partial charge in [-0.3, -0.25) is 9.59 Å². The topological polar surface area (TPSA) is 63.4 Å². The van der Waals surface area contributed by atoms with Gasteiger partial charge >= 0.3 is 11.8 Å². The van der Waals surface area contributed by atoms with Crippen LogP contribution in [0.25, 0.3) is 0 Å². The SMILES string of the molecule is CC(C)Cc1ccc(CCN(C)C(=O)C(N)=O)cc1. The van der Waals surface area contributed by atoms with Gasteiger partial charge < -0.3 is 10.6 Å². The lowest BCUT2D eigenvalue weighted by molar-refractivity contribution is -0.143. The van der Waals surface area contributed by atoms with Crippen LogP contribution in [0.1, 0.15) is 25.0 Å². The molecule has 2 N–H and O–H groups in total. The average Bonchev–Trinajstić information content (AvgIpc) is 2.35. The van der Waals surface area contributed by atoms with E-state index >= 15 is 0 Å². The lowest BCUT2D eigenvalue weighted by atomic mass is 10.0. The van der Waals surface area contributed by atoms with Crippen molar-refractivity contribution in [2.24, 2.45) is 11.7 Å². The molecule has 0 atom stereocenters. The lowest BCUT2D eigenvalue weighted by Crippen LogP contribution is -2.38. The van der Waals surface area contributed by atoms with Crippen molar-refractivity contribution in [2.45, 2.75) is 26.7 Å². The predicted molar refractivity (Wildman–Crippen MR) is 75.5 cm³/mol. The highest BCUT2D eigenvalue weighted by atomic mass is 16.2. The summed E-state index contributed by atoms with van der Waals surface area (Å²) in [7, 11) is 1.58. The Balaban J connectivity index is 2.50. The smallest absolute Gasteiger partial charge is 0.311 e. The Hall–Kier alpha value is -1.84. The van der Waals surface area contributed by atoms with Gasteiger partial charge in [-0.25, -0.2) is 0 Å². The maximum atomic E-state index is 11.3. The van der Waals surface area contributed by atoms with Crippen LogP contribution in [-0.2, 0) is 22.4 Å². The van der Waals surface area contributed by atoms with E-state index in [1.807, 2.05) is 0 Å². The zero-order valence-electron chi connectivity index (χ0n) is 11.8. The maximum absolute atomic E-state index is 11.3. The summed E-state index contributed by atoms with van der Waals surface area (Å²) < 4.78 is 0. The average molecular weight is 262 g/mol. The molecule has 0 heterocycles. The van der Waals surface area contributed by atoms with Gasteiger partial charge in [-0.2, -0.15) is 0 Å². The number of hydrogen-bond acceptors (Lipinski definition) is 2. The molecule has 0 radical (unpaired) electrons. The Morgan fingerprint density at radius 1 is 1.16 bits per heavy atom. The summed E-state index contributed by atoms with van der Waals surface area (Å²) in [5.74, 6) is -0.906.